The highest BCUT2D eigenvalue weighted by Crippen LogP contribution is 2.13. The second kappa shape index (κ2) is 5.86. The Labute approximate surface area is 105 Å². The molecule has 0 aliphatic carbocycles. The van der Waals surface area contributed by atoms with Gasteiger partial charge in [0.1, 0.15) is 5.75 Å². The van der Waals surface area contributed by atoms with Gasteiger partial charge in [0, 0.05) is 18.9 Å². The lowest BCUT2D eigenvalue weighted by Crippen LogP contribution is -2.15. The van der Waals surface area contributed by atoms with Gasteiger partial charge in [0.2, 0.25) is 0 Å². The molecule has 94 valence electrons. The first-order valence-electron chi connectivity index (χ1n) is 5.79. The summed E-state index contributed by atoms with van der Waals surface area (Å²) in [6.45, 7) is 3.11. The molecular weight excluding hydrogens is 230 g/mol. The molecule has 0 bridgehead atoms. The Kier molecular flexibility index (Phi) is 3.96. The summed E-state index contributed by atoms with van der Waals surface area (Å²) in [7, 11) is 0. The number of hydrogen-bond donors (Lipinski definition) is 2. The van der Waals surface area contributed by atoms with Crippen molar-refractivity contribution in [1.82, 2.24) is 9.97 Å². The van der Waals surface area contributed by atoms with E-state index < -0.39 is 0 Å². The maximum atomic E-state index is 11.4. The number of nitrogens with one attached hydrogen (secondary N) is 2. The molecule has 0 aliphatic heterocycles. The third-order valence-corrected chi connectivity index (χ3v) is 2.38. The zero-order chi connectivity index (χ0) is 12.8. The molecule has 0 spiro atoms. The van der Waals surface area contributed by atoms with E-state index in [1.165, 1.54) is 6.20 Å². The predicted octanol–water partition coefficient (Wildman–Crippen LogP) is 1.78. The Morgan fingerprint density at radius 3 is 3.11 bits per heavy atom. The molecule has 0 radical (unpaired) electrons. The van der Waals surface area contributed by atoms with E-state index in [1.807, 2.05) is 31.2 Å². The first kappa shape index (κ1) is 12.2. The number of hydrogen-bond acceptors (Lipinski definition) is 4. The average molecular weight is 245 g/mol. The average Bonchev–Trinajstić information content (AvgIpc) is 2.39. The van der Waals surface area contributed by atoms with Crippen LogP contribution in [-0.2, 0) is 6.54 Å². The fourth-order valence-corrected chi connectivity index (χ4v) is 1.58. The van der Waals surface area contributed by atoms with Gasteiger partial charge in [0.25, 0.3) is 5.56 Å². The molecule has 1 heterocycles. The van der Waals surface area contributed by atoms with Crippen LogP contribution in [0.1, 0.15) is 12.5 Å². The summed E-state index contributed by atoms with van der Waals surface area (Å²) >= 11 is 0. The molecule has 5 nitrogen and oxygen atoms in total. The monoisotopic (exact) mass is 245 g/mol. The largest absolute Gasteiger partial charge is 0.494 e. The Balaban J connectivity index is 2.04. The van der Waals surface area contributed by atoms with Gasteiger partial charge >= 0.3 is 0 Å². The third kappa shape index (κ3) is 3.10. The molecule has 0 amide bonds. The Morgan fingerprint density at radius 2 is 2.33 bits per heavy atom. The van der Waals surface area contributed by atoms with Gasteiger partial charge in [-0.25, -0.2) is 4.98 Å². The molecule has 2 N–H and O–H groups in total. The fraction of sp³-hybridized carbons (Fsp3) is 0.231. The maximum absolute atomic E-state index is 11.4. The molecule has 0 aliphatic rings. The highest BCUT2D eigenvalue weighted by Gasteiger charge is 2.00. The van der Waals surface area contributed by atoms with Crippen molar-refractivity contribution in [2.24, 2.45) is 0 Å². The van der Waals surface area contributed by atoms with E-state index in [0.29, 0.717) is 19.0 Å². The molecule has 0 atom stereocenters. The van der Waals surface area contributed by atoms with Gasteiger partial charge in [-0.3, -0.25) is 4.79 Å². The van der Waals surface area contributed by atoms with Crippen molar-refractivity contribution in [3.05, 3.63) is 52.6 Å². The van der Waals surface area contributed by atoms with E-state index >= 15 is 0 Å². The SMILES string of the molecule is CCOc1cccc(CNc2ncc[nH]c2=O)c1. The van der Waals surface area contributed by atoms with Crippen LogP contribution in [0.4, 0.5) is 5.82 Å². The van der Waals surface area contributed by atoms with E-state index in [4.69, 9.17) is 4.74 Å². The third-order valence-electron chi connectivity index (χ3n) is 2.38. The Hall–Kier alpha value is -2.30. The quantitative estimate of drug-likeness (QED) is 0.842. The molecule has 0 saturated carbocycles. The van der Waals surface area contributed by atoms with Crippen LogP contribution in [0.25, 0.3) is 0 Å². The first-order chi connectivity index (χ1) is 8.79. The van der Waals surface area contributed by atoms with Gasteiger partial charge in [0.05, 0.1) is 6.61 Å². The van der Waals surface area contributed by atoms with Crippen molar-refractivity contribution < 1.29 is 4.74 Å². The summed E-state index contributed by atoms with van der Waals surface area (Å²) in [4.78, 5) is 17.9. The van der Waals surface area contributed by atoms with Crippen molar-refractivity contribution in [2.45, 2.75) is 13.5 Å². The zero-order valence-electron chi connectivity index (χ0n) is 10.1. The summed E-state index contributed by atoms with van der Waals surface area (Å²) < 4.78 is 5.41. The summed E-state index contributed by atoms with van der Waals surface area (Å²) in [6, 6.07) is 7.73. The van der Waals surface area contributed by atoms with Crippen molar-refractivity contribution in [3.63, 3.8) is 0 Å². The minimum Gasteiger partial charge on any atom is -0.494 e. The fourth-order valence-electron chi connectivity index (χ4n) is 1.58. The second-order valence-electron chi connectivity index (χ2n) is 3.70. The lowest BCUT2D eigenvalue weighted by atomic mass is 10.2. The van der Waals surface area contributed by atoms with E-state index in [0.717, 1.165) is 11.3 Å². The summed E-state index contributed by atoms with van der Waals surface area (Å²) in [5.41, 5.74) is 0.810. The van der Waals surface area contributed by atoms with Crippen LogP contribution < -0.4 is 15.6 Å². The lowest BCUT2D eigenvalue weighted by Gasteiger charge is -2.07. The van der Waals surface area contributed by atoms with E-state index in [2.05, 4.69) is 15.3 Å². The van der Waals surface area contributed by atoms with Gasteiger partial charge in [-0.15, -0.1) is 0 Å². The van der Waals surface area contributed by atoms with Gasteiger partial charge < -0.3 is 15.0 Å². The lowest BCUT2D eigenvalue weighted by molar-refractivity contribution is 0.340. The van der Waals surface area contributed by atoms with Crippen LogP contribution in [0.2, 0.25) is 0 Å². The smallest absolute Gasteiger partial charge is 0.290 e. The van der Waals surface area contributed by atoms with Crippen LogP contribution in [0, 0.1) is 0 Å². The highest BCUT2D eigenvalue weighted by atomic mass is 16.5. The van der Waals surface area contributed by atoms with Crippen molar-refractivity contribution in [3.8, 4) is 5.75 Å². The molecule has 1 aromatic heterocycles. The molecule has 5 heteroatoms. The van der Waals surface area contributed by atoms with E-state index in [1.54, 1.807) is 6.20 Å². The molecule has 1 aromatic carbocycles. The van der Waals surface area contributed by atoms with Crippen LogP contribution in [0.15, 0.2) is 41.5 Å². The molecular formula is C13H15N3O2. The number of nitrogens with zero attached hydrogens (tertiary/aromatic N) is 1. The number of rotatable bonds is 5. The number of aromatic amines is 1. The number of H-pyrrole nitrogens is 1. The summed E-state index contributed by atoms with van der Waals surface area (Å²) in [6.07, 6.45) is 3.05. The highest BCUT2D eigenvalue weighted by molar-refractivity contribution is 5.34. The summed E-state index contributed by atoms with van der Waals surface area (Å²) in [5, 5.41) is 2.99. The molecule has 0 unspecified atom stereocenters. The first-order valence-corrected chi connectivity index (χ1v) is 5.79. The number of ether oxygens (including phenoxy) is 1. The van der Waals surface area contributed by atoms with E-state index in [9.17, 15) is 4.79 Å². The van der Waals surface area contributed by atoms with Crippen molar-refractivity contribution >= 4 is 5.82 Å². The van der Waals surface area contributed by atoms with Gasteiger partial charge in [-0.1, -0.05) is 12.1 Å². The number of anilines is 1. The normalized spacial score (nSPS) is 10.1. The molecule has 0 saturated heterocycles. The van der Waals surface area contributed by atoms with E-state index in [-0.39, 0.29) is 5.56 Å². The number of aromatic nitrogens is 2. The van der Waals surface area contributed by atoms with Crippen LogP contribution in [-0.4, -0.2) is 16.6 Å². The summed E-state index contributed by atoms with van der Waals surface area (Å²) in [5.74, 6) is 1.14. The van der Waals surface area contributed by atoms with Gasteiger partial charge in [-0.05, 0) is 24.6 Å². The van der Waals surface area contributed by atoms with Gasteiger partial charge in [0.15, 0.2) is 5.82 Å². The van der Waals surface area contributed by atoms with Crippen LogP contribution >= 0.6 is 0 Å². The standard InChI is InChI=1S/C13H15N3O2/c1-2-18-11-5-3-4-10(8-11)9-16-12-13(17)15-7-6-14-12/h3-8H,2,9H2,1H3,(H,14,16)(H,15,17). The molecule has 18 heavy (non-hydrogen) atoms. The minimum absolute atomic E-state index is 0.224. The Morgan fingerprint density at radius 1 is 1.44 bits per heavy atom. The van der Waals surface area contributed by atoms with Gasteiger partial charge in [-0.2, -0.15) is 0 Å². The number of benzene rings is 1. The molecule has 2 aromatic rings. The maximum Gasteiger partial charge on any atom is 0.290 e. The molecule has 0 fully saturated rings. The van der Waals surface area contributed by atoms with Crippen LogP contribution in [0.3, 0.4) is 0 Å². The second-order valence-corrected chi connectivity index (χ2v) is 3.70. The zero-order valence-corrected chi connectivity index (χ0v) is 10.1. The topological polar surface area (TPSA) is 67.0 Å². The molecule has 2 rings (SSSR count). The predicted molar refractivity (Wildman–Crippen MR) is 69.8 cm³/mol. The Bertz CT molecular complexity index is 566. The van der Waals surface area contributed by atoms with Crippen LogP contribution in [0.5, 0.6) is 5.75 Å². The minimum atomic E-state index is -0.224. The van der Waals surface area contributed by atoms with Crippen molar-refractivity contribution in [1.29, 1.82) is 0 Å². The van der Waals surface area contributed by atoms with Crippen molar-refractivity contribution in [2.75, 3.05) is 11.9 Å².